The van der Waals surface area contributed by atoms with Crippen LogP contribution < -0.4 is 0 Å². The van der Waals surface area contributed by atoms with E-state index in [0.717, 1.165) is 37.6 Å². The Morgan fingerprint density at radius 3 is 2.83 bits per heavy atom. The maximum atomic E-state index is 12.2. The fourth-order valence-electron chi connectivity index (χ4n) is 2.24. The second kappa shape index (κ2) is 5.07. The number of aromatic nitrogens is 2. The van der Waals surface area contributed by atoms with Crippen molar-refractivity contribution in [3.8, 4) is 0 Å². The van der Waals surface area contributed by atoms with Gasteiger partial charge in [0.15, 0.2) is 5.69 Å². The molecule has 0 saturated carbocycles. The van der Waals surface area contributed by atoms with Crippen LogP contribution in [0.25, 0.3) is 0 Å². The highest BCUT2D eigenvalue weighted by molar-refractivity contribution is 5.92. The van der Waals surface area contributed by atoms with E-state index in [-0.39, 0.29) is 5.91 Å². The number of rotatable bonds is 3. The first-order valence-corrected chi connectivity index (χ1v) is 6.17. The van der Waals surface area contributed by atoms with Gasteiger partial charge in [0.1, 0.15) is 5.82 Å². The average molecular weight is 252 g/mol. The van der Waals surface area contributed by atoms with Crippen molar-refractivity contribution >= 4 is 5.91 Å². The van der Waals surface area contributed by atoms with Crippen molar-refractivity contribution in [3.63, 3.8) is 0 Å². The first kappa shape index (κ1) is 13.0. The fraction of sp³-hybridized carbons (Fsp3) is 0.667. The maximum absolute atomic E-state index is 12.2. The first-order valence-electron chi connectivity index (χ1n) is 6.17. The van der Waals surface area contributed by atoms with Crippen LogP contribution in [-0.2, 0) is 24.3 Å². The molecule has 1 aliphatic heterocycles. The second-order valence-corrected chi connectivity index (χ2v) is 4.55. The second-order valence-electron chi connectivity index (χ2n) is 4.55. The third kappa shape index (κ3) is 2.13. The van der Waals surface area contributed by atoms with Gasteiger partial charge in [-0.2, -0.15) is 0 Å². The van der Waals surface area contributed by atoms with E-state index >= 15 is 0 Å². The molecule has 0 aliphatic carbocycles. The van der Waals surface area contributed by atoms with Gasteiger partial charge in [0.05, 0.1) is 12.8 Å². The third-order valence-corrected chi connectivity index (χ3v) is 3.36. The highest BCUT2D eigenvalue weighted by atomic mass is 16.7. The molecule has 0 unspecified atom stereocenters. The molecular formula is C12H20N4O2. The molecule has 0 N–H and O–H groups in total. The van der Waals surface area contributed by atoms with Crippen molar-refractivity contribution in [2.45, 2.75) is 26.4 Å². The smallest absolute Gasteiger partial charge is 0.297 e. The van der Waals surface area contributed by atoms with Crippen molar-refractivity contribution in [3.05, 3.63) is 17.2 Å². The predicted octanol–water partition coefficient (Wildman–Crippen LogP) is 0.524. The van der Waals surface area contributed by atoms with E-state index in [1.54, 1.807) is 7.05 Å². The van der Waals surface area contributed by atoms with E-state index in [4.69, 9.17) is 4.84 Å². The molecular weight excluding hydrogens is 232 g/mol. The van der Waals surface area contributed by atoms with E-state index in [0.29, 0.717) is 5.69 Å². The van der Waals surface area contributed by atoms with Gasteiger partial charge in [-0.1, -0.05) is 6.92 Å². The zero-order valence-corrected chi connectivity index (χ0v) is 11.4. The van der Waals surface area contributed by atoms with Crippen LogP contribution in [-0.4, -0.2) is 53.2 Å². The molecule has 6 heteroatoms. The van der Waals surface area contributed by atoms with Crippen molar-refractivity contribution < 1.29 is 9.63 Å². The summed E-state index contributed by atoms with van der Waals surface area (Å²) in [6.45, 7) is 4.70. The molecule has 0 radical (unpaired) electrons. The fourth-order valence-corrected chi connectivity index (χ4v) is 2.24. The molecule has 0 saturated heterocycles. The van der Waals surface area contributed by atoms with Crippen LogP contribution in [0.15, 0.2) is 0 Å². The van der Waals surface area contributed by atoms with E-state index < -0.39 is 0 Å². The lowest BCUT2D eigenvalue weighted by Crippen LogP contribution is -2.33. The van der Waals surface area contributed by atoms with Gasteiger partial charge in [-0.3, -0.25) is 14.5 Å². The molecule has 1 aromatic heterocycles. The Hall–Kier alpha value is -1.40. The lowest BCUT2D eigenvalue weighted by Gasteiger charge is -2.26. The summed E-state index contributed by atoms with van der Waals surface area (Å²) in [5.41, 5.74) is 1.51. The lowest BCUT2D eigenvalue weighted by molar-refractivity contribution is -0.0761. The normalized spacial score (nSPS) is 15.6. The summed E-state index contributed by atoms with van der Waals surface area (Å²) in [5.74, 6) is 0.794. The summed E-state index contributed by atoms with van der Waals surface area (Å²) in [5, 5.41) is 1.22. The van der Waals surface area contributed by atoms with Crippen molar-refractivity contribution in [1.29, 1.82) is 0 Å². The SMILES string of the molecule is CCc1nc(C(=O)N(C)OC)c2n1CCN(C)C2. The number of hydrogen-bond acceptors (Lipinski definition) is 4. The molecule has 2 heterocycles. The third-order valence-electron chi connectivity index (χ3n) is 3.36. The largest absolute Gasteiger partial charge is 0.329 e. The van der Waals surface area contributed by atoms with Crippen molar-refractivity contribution in [2.24, 2.45) is 0 Å². The number of amides is 1. The Morgan fingerprint density at radius 1 is 1.50 bits per heavy atom. The van der Waals surface area contributed by atoms with E-state index in [9.17, 15) is 4.79 Å². The highest BCUT2D eigenvalue weighted by Crippen LogP contribution is 2.20. The van der Waals surface area contributed by atoms with Gasteiger partial charge in [-0.05, 0) is 7.05 Å². The predicted molar refractivity (Wildman–Crippen MR) is 67.0 cm³/mol. The van der Waals surface area contributed by atoms with Crippen LogP contribution in [0, 0.1) is 0 Å². The number of imidazole rings is 1. The Labute approximate surface area is 107 Å². The Balaban J connectivity index is 2.42. The number of likely N-dealkylation sites (N-methyl/N-ethyl adjacent to an activating group) is 1. The number of carbonyl (C=O) groups is 1. The minimum absolute atomic E-state index is 0.184. The van der Waals surface area contributed by atoms with E-state index in [1.807, 2.05) is 0 Å². The number of aryl methyl sites for hydroxylation is 1. The minimum Gasteiger partial charge on any atom is -0.329 e. The molecule has 1 aromatic rings. The Morgan fingerprint density at radius 2 is 2.22 bits per heavy atom. The van der Waals surface area contributed by atoms with Crippen molar-refractivity contribution in [1.82, 2.24) is 19.5 Å². The maximum Gasteiger partial charge on any atom is 0.297 e. The van der Waals surface area contributed by atoms with Crippen molar-refractivity contribution in [2.75, 3.05) is 27.7 Å². The number of nitrogens with zero attached hydrogens (tertiary/aromatic N) is 4. The molecule has 0 bridgehead atoms. The molecule has 0 aromatic carbocycles. The van der Waals surface area contributed by atoms with Gasteiger partial charge < -0.3 is 4.57 Å². The van der Waals surface area contributed by atoms with Crippen LogP contribution in [0.3, 0.4) is 0 Å². The summed E-state index contributed by atoms with van der Waals surface area (Å²) in [6.07, 6.45) is 0.834. The summed E-state index contributed by atoms with van der Waals surface area (Å²) in [6, 6.07) is 0. The van der Waals surface area contributed by atoms with Gasteiger partial charge in [0, 0.05) is 33.1 Å². The van der Waals surface area contributed by atoms with Crippen LogP contribution >= 0.6 is 0 Å². The molecule has 6 nitrogen and oxygen atoms in total. The van der Waals surface area contributed by atoms with Crippen LogP contribution in [0.2, 0.25) is 0 Å². The zero-order valence-electron chi connectivity index (χ0n) is 11.4. The van der Waals surface area contributed by atoms with Crippen LogP contribution in [0.5, 0.6) is 0 Å². The molecule has 0 atom stereocenters. The number of hydrogen-bond donors (Lipinski definition) is 0. The summed E-state index contributed by atoms with van der Waals surface area (Å²) >= 11 is 0. The Bertz CT molecular complexity index is 455. The number of fused-ring (bicyclic) bond motifs is 1. The molecule has 1 aliphatic rings. The van der Waals surface area contributed by atoms with Gasteiger partial charge in [-0.25, -0.2) is 10.0 Å². The lowest BCUT2D eigenvalue weighted by atomic mass is 10.2. The van der Waals surface area contributed by atoms with Gasteiger partial charge in [0.2, 0.25) is 0 Å². The Kier molecular flexibility index (Phi) is 3.68. The van der Waals surface area contributed by atoms with Crippen LogP contribution in [0.4, 0.5) is 0 Å². The van der Waals surface area contributed by atoms with Gasteiger partial charge >= 0.3 is 0 Å². The topological polar surface area (TPSA) is 50.6 Å². The van der Waals surface area contributed by atoms with Crippen LogP contribution in [0.1, 0.15) is 28.9 Å². The van der Waals surface area contributed by atoms with E-state index in [1.165, 1.54) is 12.2 Å². The molecule has 100 valence electrons. The van der Waals surface area contributed by atoms with E-state index in [2.05, 4.69) is 28.4 Å². The average Bonchev–Trinajstić information content (AvgIpc) is 2.74. The molecule has 1 amide bonds. The molecule has 18 heavy (non-hydrogen) atoms. The quantitative estimate of drug-likeness (QED) is 0.736. The summed E-state index contributed by atoms with van der Waals surface area (Å²) in [7, 11) is 5.13. The number of carbonyl (C=O) groups excluding carboxylic acids is 1. The zero-order chi connectivity index (χ0) is 13.3. The highest BCUT2D eigenvalue weighted by Gasteiger charge is 2.27. The standard InChI is InChI=1S/C12H20N4O2/c1-5-10-13-11(12(17)15(3)18-4)9-8-14(2)6-7-16(9)10/h5-8H2,1-4H3. The first-order chi connectivity index (χ1) is 8.58. The van der Waals surface area contributed by atoms with Gasteiger partial charge in [0.25, 0.3) is 5.91 Å². The van der Waals surface area contributed by atoms with Gasteiger partial charge in [-0.15, -0.1) is 0 Å². The molecule has 2 rings (SSSR count). The minimum atomic E-state index is -0.184. The molecule has 0 fully saturated rings. The summed E-state index contributed by atoms with van der Waals surface area (Å²) < 4.78 is 2.16. The monoisotopic (exact) mass is 252 g/mol. The summed E-state index contributed by atoms with van der Waals surface area (Å²) in [4.78, 5) is 23.8. The number of hydroxylamine groups is 2. The molecule has 0 spiro atoms.